The fourth-order valence-corrected chi connectivity index (χ4v) is 2.78. The van der Waals surface area contributed by atoms with Crippen LogP contribution in [0.1, 0.15) is 5.56 Å². The standard InChI is InChI=1S/C17H15ClN6/c1-23-11-14(9-20-23)21-17-19-8-12-6-7-24(16(12)22-17)10-13-4-2-3-5-15(13)18/h2-9,11H,10H2,1H3,(H,19,21,22). The third-order valence-electron chi connectivity index (χ3n) is 3.76. The van der Waals surface area contributed by atoms with Crippen LogP contribution in [0.5, 0.6) is 0 Å². The van der Waals surface area contributed by atoms with Gasteiger partial charge in [0.25, 0.3) is 0 Å². The summed E-state index contributed by atoms with van der Waals surface area (Å²) in [6.07, 6.45) is 7.41. The highest BCUT2D eigenvalue weighted by molar-refractivity contribution is 6.31. The molecule has 0 radical (unpaired) electrons. The van der Waals surface area contributed by atoms with Gasteiger partial charge in [0.1, 0.15) is 5.65 Å². The number of nitrogens with zero attached hydrogens (tertiary/aromatic N) is 5. The summed E-state index contributed by atoms with van der Waals surface area (Å²) in [6.45, 7) is 0.659. The second kappa shape index (κ2) is 5.98. The Morgan fingerprint density at radius 3 is 2.83 bits per heavy atom. The molecule has 3 aromatic heterocycles. The number of hydrogen-bond donors (Lipinski definition) is 1. The minimum atomic E-state index is 0.537. The van der Waals surface area contributed by atoms with Crippen molar-refractivity contribution < 1.29 is 0 Å². The van der Waals surface area contributed by atoms with Gasteiger partial charge in [0.15, 0.2) is 0 Å². The first-order valence-corrected chi connectivity index (χ1v) is 7.88. The predicted octanol–water partition coefficient (Wildman–Crippen LogP) is 3.61. The molecule has 0 aliphatic heterocycles. The Kier molecular flexibility index (Phi) is 3.66. The van der Waals surface area contributed by atoms with Gasteiger partial charge in [-0.1, -0.05) is 29.8 Å². The smallest absolute Gasteiger partial charge is 0.229 e. The molecular formula is C17H15ClN6. The van der Waals surface area contributed by atoms with E-state index in [2.05, 4.69) is 25.0 Å². The molecule has 0 saturated heterocycles. The van der Waals surface area contributed by atoms with Gasteiger partial charge >= 0.3 is 0 Å². The van der Waals surface area contributed by atoms with Crippen molar-refractivity contribution in [2.45, 2.75) is 6.54 Å². The molecule has 120 valence electrons. The van der Waals surface area contributed by atoms with Crippen LogP contribution in [-0.2, 0) is 13.6 Å². The van der Waals surface area contributed by atoms with Crippen molar-refractivity contribution in [2.75, 3.05) is 5.32 Å². The maximum atomic E-state index is 6.27. The first kappa shape index (κ1) is 14.7. The van der Waals surface area contributed by atoms with Crippen LogP contribution in [0.25, 0.3) is 11.0 Å². The second-order valence-electron chi connectivity index (χ2n) is 5.54. The topological polar surface area (TPSA) is 60.6 Å². The molecule has 0 unspecified atom stereocenters. The van der Waals surface area contributed by atoms with Crippen molar-refractivity contribution in [2.24, 2.45) is 7.05 Å². The summed E-state index contributed by atoms with van der Waals surface area (Å²) in [4.78, 5) is 8.98. The number of fused-ring (bicyclic) bond motifs is 1. The van der Waals surface area contributed by atoms with E-state index in [1.54, 1.807) is 10.9 Å². The lowest BCUT2D eigenvalue weighted by Gasteiger charge is -2.08. The Morgan fingerprint density at radius 1 is 1.17 bits per heavy atom. The highest BCUT2D eigenvalue weighted by Gasteiger charge is 2.08. The number of anilines is 2. The molecule has 6 nitrogen and oxygen atoms in total. The van der Waals surface area contributed by atoms with Crippen molar-refractivity contribution in [3.05, 3.63) is 65.7 Å². The largest absolute Gasteiger partial charge is 0.328 e. The van der Waals surface area contributed by atoms with Crippen LogP contribution in [0.15, 0.2) is 55.1 Å². The normalized spacial score (nSPS) is 11.1. The van der Waals surface area contributed by atoms with Gasteiger partial charge in [0, 0.05) is 36.0 Å². The molecule has 1 N–H and O–H groups in total. The van der Waals surface area contributed by atoms with Crippen molar-refractivity contribution in [3.63, 3.8) is 0 Å². The zero-order valence-corrected chi connectivity index (χ0v) is 13.8. The first-order valence-electron chi connectivity index (χ1n) is 7.50. The van der Waals surface area contributed by atoms with Gasteiger partial charge in [-0.2, -0.15) is 10.1 Å². The first-order chi connectivity index (χ1) is 11.7. The zero-order valence-electron chi connectivity index (χ0n) is 13.0. The van der Waals surface area contributed by atoms with Crippen molar-refractivity contribution >= 4 is 34.3 Å². The summed E-state index contributed by atoms with van der Waals surface area (Å²) in [7, 11) is 1.87. The Bertz CT molecular complexity index is 1000. The Labute approximate surface area is 143 Å². The summed E-state index contributed by atoms with van der Waals surface area (Å²) >= 11 is 6.27. The molecule has 1 aromatic carbocycles. The molecular weight excluding hydrogens is 324 g/mol. The second-order valence-corrected chi connectivity index (χ2v) is 5.94. The molecule has 4 aromatic rings. The van der Waals surface area contributed by atoms with E-state index < -0.39 is 0 Å². The molecule has 0 aliphatic carbocycles. The van der Waals surface area contributed by atoms with Crippen LogP contribution in [-0.4, -0.2) is 24.3 Å². The summed E-state index contributed by atoms with van der Waals surface area (Å²) < 4.78 is 3.79. The lowest BCUT2D eigenvalue weighted by atomic mass is 10.2. The number of aromatic nitrogens is 5. The predicted molar refractivity (Wildman–Crippen MR) is 94.6 cm³/mol. The molecule has 0 spiro atoms. The maximum absolute atomic E-state index is 6.27. The number of rotatable bonds is 4. The molecule has 0 saturated carbocycles. The SMILES string of the molecule is Cn1cc(Nc2ncc3ccn(Cc4ccccc4Cl)c3n2)cn1. The molecule has 0 fully saturated rings. The van der Waals surface area contributed by atoms with Crippen LogP contribution < -0.4 is 5.32 Å². The Hall–Kier alpha value is -2.86. The third-order valence-corrected chi connectivity index (χ3v) is 4.13. The number of hydrogen-bond acceptors (Lipinski definition) is 4. The van der Waals surface area contributed by atoms with Crippen LogP contribution in [0.3, 0.4) is 0 Å². The van der Waals surface area contributed by atoms with E-state index >= 15 is 0 Å². The zero-order chi connectivity index (χ0) is 16.5. The minimum absolute atomic E-state index is 0.537. The molecule has 24 heavy (non-hydrogen) atoms. The molecule has 7 heteroatoms. The quantitative estimate of drug-likeness (QED) is 0.617. The number of halogens is 1. The maximum Gasteiger partial charge on any atom is 0.229 e. The lowest BCUT2D eigenvalue weighted by molar-refractivity contribution is 0.768. The van der Waals surface area contributed by atoms with E-state index in [0.29, 0.717) is 12.5 Å². The average Bonchev–Trinajstić information content (AvgIpc) is 3.16. The number of aryl methyl sites for hydroxylation is 1. The van der Waals surface area contributed by atoms with Gasteiger partial charge in [0.2, 0.25) is 5.95 Å². The van der Waals surface area contributed by atoms with E-state index in [1.165, 1.54) is 0 Å². The molecule has 0 amide bonds. The summed E-state index contributed by atoms with van der Waals surface area (Å²) in [6, 6.07) is 9.83. The van der Waals surface area contributed by atoms with Gasteiger partial charge in [-0.05, 0) is 17.7 Å². The van der Waals surface area contributed by atoms with Gasteiger partial charge in [-0.25, -0.2) is 4.98 Å². The van der Waals surface area contributed by atoms with E-state index in [9.17, 15) is 0 Å². The molecule has 0 aliphatic rings. The van der Waals surface area contributed by atoms with Crippen LogP contribution in [0.4, 0.5) is 11.6 Å². The van der Waals surface area contributed by atoms with E-state index in [4.69, 9.17) is 11.6 Å². The van der Waals surface area contributed by atoms with Gasteiger partial charge < -0.3 is 9.88 Å². The fourth-order valence-electron chi connectivity index (χ4n) is 2.58. The van der Waals surface area contributed by atoms with E-state index in [0.717, 1.165) is 27.3 Å². The number of benzene rings is 1. The summed E-state index contributed by atoms with van der Waals surface area (Å²) in [5, 5.41) is 9.03. The van der Waals surface area contributed by atoms with Crippen LogP contribution >= 0.6 is 11.6 Å². The van der Waals surface area contributed by atoms with Gasteiger partial charge in [0.05, 0.1) is 18.4 Å². The molecule has 0 atom stereocenters. The highest BCUT2D eigenvalue weighted by Crippen LogP contribution is 2.21. The third kappa shape index (κ3) is 2.83. The minimum Gasteiger partial charge on any atom is -0.328 e. The molecule has 3 heterocycles. The van der Waals surface area contributed by atoms with Crippen LogP contribution in [0.2, 0.25) is 5.02 Å². The van der Waals surface area contributed by atoms with Crippen LogP contribution in [0, 0.1) is 0 Å². The van der Waals surface area contributed by atoms with Gasteiger partial charge in [-0.15, -0.1) is 0 Å². The monoisotopic (exact) mass is 338 g/mol. The summed E-state index contributed by atoms with van der Waals surface area (Å²) in [5.74, 6) is 0.537. The summed E-state index contributed by atoms with van der Waals surface area (Å²) in [5.41, 5.74) is 2.76. The molecule has 4 rings (SSSR count). The lowest BCUT2D eigenvalue weighted by Crippen LogP contribution is -2.02. The number of nitrogens with one attached hydrogen (secondary N) is 1. The van der Waals surface area contributed by atoms with Crippen molar-refractivity contribution in [1.29, 1.82) is 0 Å². The van der Waals surface area contributed by atoms with Gasteiger partial charge in [-0.3, -0.25) is 4.68 Å². The molecule has 0 bridgehead atoms. The average molecular weight is 339 g/mol. The van der Waals surface area contributed by atoms with Crippen molar-refractivity contribution in [1.82, 2.24) is 24.3 Å². The Balaban J connectivity index is 1.67. The van der Waals surface area contributed by atoms with Crippen molar-refractivity contribution in [3.8, 4) is 0 Å². The Morgan fingerprint density at radius 2 is 2.04 bits per heavy atom. The van der Waals surface area contributed by atoms with E-state index in [-0.39, 0.29) is 0 Å². The highest BCUT2D eigenvalue weighted by atomic mass is 35.5. The fraction of sp³-hybridized carbons (Fsp3) is 0.118. The van der Waals surface area contributed by atoms with E-state index in [1.807, 2.05) is 56.0 Å².